The molecule has 8 nitrogen and oxygen atoms in total. The molecule has 36 heavy (non-hydrogen) atoms. The number of hydrogen-bond acceptors (Lipinski definition) is 8. The fourth-order valence-corrected chi connectivity index (χ4v) is 5.67. The van der Waals surface area contributed by atoms with Crippen LogP contribution in [0.1, 0.15) is 0 Å². The Morgan fingerprint density at radius 3 is 2.11 bits per heavy atom. The minimum atomic E-state index is 0.108. The van der Waals surface area contributed by atoms with Gasteiger partial charge >= 0.3 is 0 Å². The summed E-state index contributed by atoms with van der Waals surface area (Å²) < 4.78 is 12.6. The largest absolute Gasteiger partial charge is 0.497 e. The van der Waals surface area contributed by atoms with Crippen LogP contribution in [0.25, 0.3) is 16.4 Å². The van der Waals surface area contributed by atoms with Crippen molar-refractivity contribution in [3.63, 3.8) is 0 Å². The first-order valence-corrected chi connectivity index (χ1v) is 13.5. The van der Waals surface area contributed by atoms with Crippen molar-refractivity contribution in [1.29, 1.82) is 0 Å². The van der Waals surface area contributed by atoms with Crippen molar-refractivity contribution in [1.82, 2.24) is 19.7 Å². The van der Waals surface area contributed by atoms with Gasteiger partial charge in [-0.15, -0.1) is 21.5 Å². The van der Waals surface area contributed by atoms with E-state index >= 15 is 0 Å². The number of amides is 1. The summed E-state index contributed by atoms with van der Waals surface area (Å²) in [6.45, 7) is 2.98. The van der Waals surface area contributed by atoms with Crippen LogP contribution in [0.2, 0.25) is 0 Å². The van der Waals surface area contributed by atoms with Gasteiger partial charge in [-0.2, -0.15) is 0 Å². The van der Waals surface area contributed by atoms with Gasteiger partial charge in [0.25, 0.3) is 0 Å². The minimum absolute atomic E-state index is 0.108. The fraction of sp³-hybridized carbons (Fsp3) is 0.269. The summed E-state index contributed by atoms with van der Waals surface area (Å²) in [5, 5.41) is 11.6. The highest BCUT2D eigenvalue weighted by atomic mass is 32.2. The van der Waals surface area contributed by atoms with Gasteiger partial charge in [0.15, 0.2) is 11.0 Å². The average molecular weight is 522 g/mol. The van der Waals surface area contributed by atoms with Gasteiger partial charge in [-0.25, -0.2) is 0 Å². The van der Waals surface area contributed by atoms with Crippen LogP contribution in [-0.4, -0.2) is 71.7 Å². The molecule has 0 N–H and O–H groups in total. The Morgan fingerprint density at radius 1 is 0.889 bits per heavy atom. The second kappa shape index (κ2) is 11.0. The Kier molecular flexibility index (Phi) is 7.43. The summed E-state index contributed by atoms with van der Waals surface area (Å²) in [7, 11) is 3.31. The zero-order chi connectivity index (χ0) is 24.9. The van der Waals surface area contributed by atoms with E-state index in [4.69, 9.17) is 9.47 Å². The number of rotatable bonds is 8. The lowest BCUT2D eigenvalue weighted by Crippen LogP contribution is -2.49. The first kappa shape index (κ1) is 24.2. The third kappa shape index (κ3) is 5.19. The Hall–Kier alpha value is -3.50. The Labute approximate surface area is 218 Å². The molecule has 3 heterocycles. The van der Waals surface area contributed by atoms with E-state index in [0.29, 0.717) is 24.0 Å². The summed E-state index contributed by atoms with van der Waals surface area (Å²) in [4.78, 5) is 18.3. The maximum absolute atomic E-state index is 13.1. The normalized spacial score (nSPS) is 13.6. The van der Waals surface area contributed by atoms with Crippen molar-refractivity contribution in [2.45, 2.75) is 5.16 Å². The Bertz CT molecular complexity index is 1280. The lowest BCUT2D eigenvalue weighted by Gasteiger charge is -2.36. The molecule has 2 aromatic carbocycles. The van der Waals surface area contributed by atoms with E-state index in [1.165, 1.54) is 11.8 Å². The lowest BCUT2D eigenvalue weighted by molar-refractivity contribution is -0.128. The molecule has 1 aliphatic rings. The number of piperazine rings is 1. The molecule has 1 saturated heterocycles. The molecular weight excluding hydrogens is 494 g/mol. The first-order valence-electron chi connectivity index (χ1n) is 11.6. The molecule has 5 rings (SSSR count). The molecule has 2 aromatic heterocycles. The van der Waals surface area contributed by atoms with Gasteiger partial charge in [0.2, 0.25) is 5.91 Å². The molecule has 0 atom stereocenters. The Morgan fingerprint density at radius 2 is 1.53 bits per heavy atom. The summed E-state index contributed by atoms with van der Waals surface area (Å²) in [6, 6.07) is 19.8. The van der Waals surface area contributed by atoms with E-state index in [9.17, 15) is 4.79 Å². The maximum atomic E-state index is 13.1. The first-order chi connectivity index (χ1) is 17.7. The number of hydrogen-bond donors (Lipinski definition) is 0. The van der Waals surface area contributed by atoms with Crippen LogP contribution in [0.15, 0.2) is 71.2 Å². The highest BCUT2D eigenvalue weighted by Gasteiger charge is 2.23. The smallest absolute Gasteiger partial charge is 0.233 e. The second-order valence-corrected chi connectivity index (χ2v) is 10.1. The number of thiophene rings is 1. The average Bonchev–Trinajstić information content (AvgIpc) is 3.62. The standard InChI is InChI=1S/C26H27N5O3S2/c1-33-21-9-5-19(6-10-21)29-13-15-30(16-14-29)24(32)18-36-26-28-27-25(23-4-3-17-35-23)31(26)20-7-11-22(34-2)12-8-20/h3-12,17H,13-16,18H2,1-2H3. The molecule has 1 fully saturated rings. The quantitative estimate of drug-likeness (QED) is 0.317. The molecule has 186 valence electrons. The molecule has 1 aliphatic heterocycles. The van der Waals surface area contributed by atoms with Crippen LogP contribution in [-0.2, 0) is 4.79 Å². The third-order valence-electron chi connectivity index (χ3n) is 6.10. The summed E-state index contributed by atoms with van der Waals surface area (Å²) >= 11 is 3.03. The Balaban J connectivity index is 1.25. The van der Waals surface area contributed by atoms with E-state index < -0.39 is 0 Å². The summed E-state index contributed by atoms with van der Waals surface area (Å²) in [6.07, 6.45) is 0. The minimum Gasteiger partial charge on any atom is -0.497 e. The highest BCUT2D eigenvalue weighted by Crippen LogP contribution is 2.31. The van der Waals surface area contributed by atoms with E-state index in [1.54, 1.807) is 25.6 Å². The lowest BCUT2D eigenvalue weighted by atomic mass is 10.2. The van der Waals surface area contributed by atoms with Crippen molar-refractivity contribution in [3.05, 3.63) is 66.0 Å². The number of ether oxygens (including phenoxy) is 2. The highest BCUT2D eigenvalue weighted by molar-refractivity contribution is 7.99. The maximum Gasteiger partial charge on any atom is 0.233 e. The number of anilines is 1. The second-order valence-electron chi connectivity index (χ2n) is 8.17. The monoisotopic (exact) mass is 521 g/mol. The summed E-state index contributed by atoms with van der Waals surface area (Å²) in [5.41, 5.74) is 2.07. The zero-order valence-electron chi connectivity index (χ0n) is 20.2. The predicted molar refractivity (Wildman–Crippen MR) is 144 cm³/mol. The van der Waals surface area contributed by atoms with Gasteiger partial charge in [-0.1, -0.05) is 17.8 Å². The topological polar surface area (TPSA) is 72.7 Å². The zero-order valence-corrected chi connectivity index (χ0v) is 21.8. The van der Waals surface area contributed by atoms with Crippen LogP contribution in [0.4, 0.5) is 5.69 Å². The van der Waals surface area contributed by atoms with Gasteiger partial charge in [0.1, 0.15) is 11.5 Å². The van der Waals surface area contributed by atoms with Crippen LogP contribution in [0, 0.1) is 0 Å². The van der Waals surface area contributed by atoms with Gasteiger partial charge < -0.3 is 19.3 Å². The third-order valence-corrected chi connectivity index (χ3v) is 7.88. The SMILES string of the molecule is COc1ccc(N2CCN(C(=O)CSc3nnc(-c4cccs4)n3-c3ccc(OC)cc3)CC2)cc1. The van der Waals surface area contributed by atoms with Crippen molar-refractivity contribution in [2.24, 2.45) is 0 Å². The molecule has 1 amide bonds. The van der Waals surface area contributed by atoms with Crippen molar-refractivity contribution in [3.8, 4) is 27.9 Å². The van der Waals surface area contributed by atoms with E-state index in [-0.39, 0.29) is 5.91 Å². The molecule has 0 saturated carbocycles. The van der Waals surface area contributed by atoms with E-state index in [0.717, 1.165) is 46.7 Å². The fourth-order valence-electron chi connectivity index (χ4n) is 4.12. The number of benzene rings is 2. The van der Waals surface area contributed by atoms with E-state index in [1.807, 2.05) is 63.4 Å². The molecule has 0 bridgehead atoms. The molecule has 0 unspecified atom stereocenters. The van der Waals surface area contributed by atoms with Crippen LogP contribution < -0.4 is 14.4 Å². The van der Waals surface area contributed by atoms with Gasteiger partial charge in [0, 0.05) is 31.9 Å². The molecule has 0 aliphatic carbocycles. The molecular formula is C26H27N5O3S2. The number of nitrogens with zero attached hydrogens (tertiary/aromatic N) is 5. The number of aromatic nitrogens is 3. The van der Waals surface area contributed by atoms with Gasteiger partial charge in [0.05, 0.1) is 30.5 Å². The number of methoxy groups -OCH3 is 2. The summed E-state index contributed by atoms with van der Waals surface area (Å²) in [5.74, 6) is 2.80. The van der Waals surface area contributed by atoms with Crippen molar-refractivity contribution in [2.75, 3.05) is 51.1 Å². The van der Waals surface area contributed by atoms with Crippen LogP contribution >= 0.6 is 23.1 Å². The molecule has 0 spiro atoms. The number of carbonyl (C=O) groups is 1. The predicted octanol–water partition coefficient (Wildman–Crippen LogP) is 4.45. The van der Waals surface area contributed by atoms with E-state index in [2.05, 4.69) is 27.2 Å². The van der Waals surface area contributed by atoms with Gasteiger partial charge in [-0.3, -0.25) is 9.36 Å². The van der Waals surface area contributed by atoms with Crippen LogP contribution in [0.5, 0.6) is 11.5 Å². The molecule has 0 radical (unpaired) electrons. The van der Waals surface area contributed by atoms with Crippen molar-refractivity contribution >= 4 is 34.7 Å². The van der Waals surface area contributed by atoms with Crippen LogP contribution in [0.3, 0.4) is 0 Å². The molecule has 4 aromatic rings. The van der Waals surface area contributed by atoms with Gasteiger partial charge in [-0.05, 0) is 60.0 Å². The molecule has 10 heteroatoms. The number of thioether (sulfide) groups is 1. The number of carbonyl (C=O) groups excluding carboxylic acids is 1. The van der Waals surface area contributed by atoms with Crippen molar-refractivity contribution < 1.29 is 14.3 Å².